The van der Waals surface area contributed by atoms with Crippen LogP contribution in [0.25, 0.3) is 12.2 Å². The standard InChI is InChI=1S/C14H12O4/c1-3-8-6-5-7-10(9(8)4-2)11-12(15)14(17)18-13(11)16/h3-7,11-12,15H,1-2H2. The molecular weight excluding hydrogens is 232 g/mol. The van der Waals surface area contributed by atoms with Gasteiger partial charge in [0.1, 0.15) is 5.92 Å². The van der Waals surface area contributed by atoms with Gasteiger partial charge in [-0.1, -0.05) is 43.5 Å². The molecule has 0 aliphatic carbocycles. The molecule has 2 atom stereocenters. The van der Waals surface area contributed by atoms with E-state index in [2.05, 4.69) is 17.9 Å². The van der Waals surface area contributed by atoms with Crippen molar-refractivity contribution in [3.05, 3.63) is 48.0 Å². The maximum atomic E-state index is 11.6. The second kappa shape index (κ2) is 4.58. The Balaban J connectivity index is 2.58. The number of benzene rings is 1. The zero-order valence-electron chi connectivity index (χ0n) is 9.63. The van der Waals surface area contributed by atoms with Crippen LogP contribution < -0.4 is 0 Å². The Morgan fingerprint density at radius 1 is 1.17 bits per heavy atom. The Bertz CT molecular complexity index is 545. The molecule has 2 rings (SSSR count). The summed E-state index contributed by atoms with van der Waals surface area (Å²) >= 11 is 0. The molecule has 1 saturated heterocycles. The summed E-state index contributed by atoms with van der Waals surface area (Å²) < 4.78 is 4.43. The van der Waals surface area contributed by atoms with E-state index in [1.54, 1.807) is 24.3 Å². The van der Waals surface area contributed by atoms with Crippen molar-refractivity contribution in [1.29, 1.82) is 0 Å². The first-order chi connectivity index (χ1) is 8.60. The number of cyclic esters (lactones) is 2. The van der Waals surface area contributed by atoms with Gasteiger partial charge in [-0.25, -0.2) is 4.79 Å². The van der Waals surface area contributed by atoms with Crippen molar-refractivity contribution >= 4 is 24.1 Å². The lowest BCUT2D eigenvalue weighted by Gasteiger charge is -2.14. The second-order valence-electron chi connectivity index (χ2n) is 3.92. The van der Waals surface area contributed by atoms with Gasteiger partial charge in [0.2, 0.25) is 0 Å². The van der Waals surface area contributed by atoms with Crippen LogP contribution in [0.3, 0.4) is 0 Å². The highest BCUT2D eigenvalue weighted by atomic mass is 16.6. The Kier molecular flexibility index (Phi) is 3.12. The first-order valence-electron chi connectivity index (χ1n) is 5.41. The average molecular weight is 244 g/mol. The fourth-order valence-electron chi connectivity index (χ4n) is 2.07. The highest BCUT2D eigenvalue weighted by molar-refractivity contribution is 6.01. The van der Waals surface area contributed by atoms with Gasteiger partial charge in [-0.15, -0.1) is 0 Å². The summed E-state index contributed by atoms with van der Waals surface area (Å²) in [7, 11) is 0. The summed E-state index contributed by atoms with van der Waals surface area (Å²) in [5.41, 5.74) is 1.97. The normalized spacial score (nSPS) is 22.7. The molecule has 1 N–H and O–H groups in total. The molecule has 0 saturated carbocycles. The number of ether oxygens (including phenoxy) is 1. The predicted molar refractivity (Wildman–Crippen MR) is 66.5 cm³/mol. The van der Waals surface area contributed by atoms with Gasteiger partial charge in [0.25, 0.3) is 0 Å². The lowest BCUT2D eigenvalue weighted by molar-refractivity contribution is -0.154. The number of hydrogen-bond donors (Lipinski definition) is 1. The van der Waals surface area contributed by atoms with Crippen molar-refractivity contribution in [1.82, 2.24) is 0 Å². The molecule has 0 aromatic heterocycles. The van der Waals surface area contributed by atoms with Crippen LogP contribution in [0, 0.1) is 0 Å². The van der Waals surface area contributed by atoms with Gasteiger partial charge in [0.15, 0.2) is 6.10 Å². The maximum absolute atomic E-state index is 11.6. The topological polar surface area (TPSA) is 63.6 Å². The molecule has 4 nitrogen and oxygen atoms in total. The molecule has 1 fully saturated rings. The molecule has 1 aliphatic rings. The number of carbonyl (C=O) groups is 2. The minimum absolute atomic E-state index is 0.519. The van der Waals surface area contributed by atoms with Crippen molar-refractivity contribution in [3.8, 4) is 0 Å². The number of rotatable bonds is 3. The van der Waals surface area contributed by atoms with Gasteiger partial charge in [-0.3, -0.25) is 4.79 Å². The van der Waals surface area contributed by atoms with Crippen LogP contribution in [0.1, 0.15) is 22.6 Å². The van der Waals surface area contributed by atoms with E-state index >= 15 is 0 Å². The molecule has 2 unspecified atom stereocenters. The van der Waals surface area contributed by atoms with E-state index in [0.29, 0.717) is 11.1 Å². The van der Waals surface area contributed by atoms with Crippen molar-refractivity contribution in [3.63, 3.8) is 0 Å². The van der Waals surface area contributed by atoms with Crippen LogP contribution in [0.15, 0.2) is 31.4 Å². The SMILES string of the molecule is C=Cc1cccc(C2C(=O)OC(=O)C2O)c1C=C. The zero-order chi connectivity index (χ0) is 13.3. The van der Waals surface area contributed by atoms with Crippen LogP contribution in [0.4, 0.5) is 0 Å². The Hall–Kier alpha value is -2.20. The van der Waals surface area contributed by atoms with Crippen LogP contribution >= 0.6 is 0 Å². The summed E-state index contributed by atoms with van der Waals surface area (Å²) in [5.74, 6) is -2.65. The smallest absolute Gasteiger partial charge is 0.343 e. The highest BCUT2D eigenvalue weighted by Gasteiger charge is 2.45. The third kappa shape index (κ3) is 1.76. The fourth-order valence-corrected chi connectivity index (χ4v) is 2.07. The van der Waals surface area contributed by atoms with Crippen molar-refractivity contribution in [2.75, 3.05) is 0 Å². The van der Waals surface area contributed by atoms with Gasteiger partial charge in [0.05, 0.1) is 0 Å². The molecule has 0 amide bonds. The van der Waals surface area contributed by atoms with Crippen LogP contribution in [-0.4, -0.2) is 23.1 Å². The largest absolute Gasteiger partial charge is 0.391 e. The lowest BCUT2D eigenvalue weighted by Crippen LogP contribution is -2.22. The van der Waals surface area contributed by atoms with Crippen molar-refractivity contribution < 1.29 is 19.4 Å². The summed E-state index contributed by atoms with van der Waals surface area (Å²) in [6.45, 7) is 7.34. The quantitative estimate of drug-likeness (QED) is 0.646. The molecule has 4 heteroatoms. The molecule has 0 bridgehead atoms. The number of aliphatic hydroxyl groups is 1. The zero-order valence-corrected chi connectivity index (χ0v) is 9.63. The van der Waals surface area contributed by atoms with E-state index in [1.807, 2.05) is 6.07 Å². The fraction of sp³-hybridized carbons (Fsp3) is 0.143. The minimum Gasteiger partial charge on any atom is -0.391 e. The van der Waals surface area contributed by atoms with E-state index in [0.717, 1.165) is 5.56 Å². The average Bonchev–Trinajstić information content (AvgIpc) is 2.62. The molecule has 0 radical (unpaired) electrons. The Morgan fingerprint density at radius 2 is 1.89 bits per heavy atom. The van der Waals surface area contributed by atoms with Crippen molar-refractivity contribution in [2.24, 2.45) is 0 Å². The number of carbonyl (C=O) groups excluding carboxylic acids is 2. The second-order valence-corrected chi connectivity index (χ2v) is 3.92. The summed E-state index contributed by atoms with van der Waals surface area (Å²) in [4.78, 5) is 22.8. The third-order valence-electron chi connectivity index (χ3n) is 2.95. The molecule has 1 aliphatic heterocycles. The van der Waals surface area contributed by atoms with Gasteiger partial charge >= 0.3 is 11.9 Å². The van der Waals surface area contributed by atoms with E-state index < -0.39 is 24.0 Å². The highest BCUT2D eigenvalue weighted by Crippen LogP contribution is 2.32. The van der Waals surface area contributed by atoms with Crippen LogP contribution in [0.2, 0.25) is 0 Å². The van der Waals surface area contributed by atoms with Crippen LogP contribution in [-0.2, 0) is 14.3 Å². The Labute approximate surface area is 104 Å². The van der Waals surface area contributed by atoms with Gasteiger partial charge in [-0.2, -0.15) is 0 Å². The monoisotopic (exact) mass is 244 g/mol. The van der Waals surface area contributed by atoms with E-state index in [-0.39, 0.29) is 0 Å². The maximum Gasteiger partial charge on any atom is 0.343 e. The molecule has 1 aromatic carbocycles. The molecule has 92 valence electrons. The Morgan fingerprint density at radius 3 is 2.39 bits per heavy atom. The predicted octanol–water partition coefficient (Wildman–Crippen LogP) is 1.50. The first-order valence-corrected chi connectivity index (χ1v) is 5.41. The van der Waals surface area contributed by atoms with E-state index in [4.69, 9.17) is 0 Å². The number of hydrogen-bond acceptors (Lipinski definition) is 4. The molecule has 0 spiro atoms. The number of aliphatic hydroxyl groups excluding tert-OH is 1. The summed E-state index contributed by atoms with van der Waals surface area (Å²) in [5, 5.41) is 9.71. The molecule has 1 aromatic rings. The first kappa shape index (κ1) is 12.3. The van der Waals surface area contributed by atoms with Crippen molar-refractivity contribution in [2.45, 2.75) is 12.0 Å². The van der Waals surface area contributed by atoms with E-state index in [1.165, 1.54) is 0 Å². The van der Waals surface area contributed by atoms with Gasteiger partial charge < -0.3 is 9.84 Å². The molecule has 1 heterocycles. The van der Waals surface area contributed by atoms with Crippen LogP contribution in [0.5, 0.6) is 0 Å². The van der Waals surface area contributed by atoms with Gasteiger partial charge in [-0.05, 0) is 16.7 Å². The van der Waals surface area contributed by atoms with E-state index in [9.17, 15) is 14.7 Å². The lowest BCUT2D eigenvalue weighted by atomic mass is 9.88. The molecule has 18 heavy (non-hydrogen) atoms. The molecular formula is C14H12O4. The summed E-state index contributed by atoms with van der Waals surface area (Å²) in [6.07, 6.45) is 1.72. The summed E-state index contributed by atoms with van der Waals surface area (Å²) in [6, 6.07) is 5.20. The minimum atomic E-state index is -1.46. The third-order valence-corrected chi connectivity index (χ3v) is 2.95. The van der Waals surface area contributed by atoms with Gasteiger partial charge in [0, 0.05) is 0 Å². The number of esters is 2.